The molecular formula is C2H12Na4O7P2. The minimum Gasteiger partial charge on any atom is -1.00 e. The van der Waals surface area contributed by atoms with Gasteiger partial charge < -0.3 is 30.4 Å². The molecule has 0 aromatic heterocycles. The summed E-state index contributed by atoms with van der Waals surface area (Å²) in [5, 5.41) is 5.92. The van der Waals surface area contributed by atoms with Crippen LogP contribution in [0, 0.1) is 0 Å². The summed E-state index contributed by atoms with van der Waals surface area (Å²) in [7, 11) is -9.82. The Kier molecular flexibility index (Phi) is 27.9. The minimum atomic E-state index is -4.91. The van der Waals surface area contributed by atoms with E-state index in [2.05, 4.69) is 0 Å². The van der Waals surface area contributed by atoms with Crippen LogP contribution in [0.2, 0.25) is 0 Å². The fourth-order valence-electron chi connectivity index (χ4n) is 0.409. The van der Waals surface area contributed by atoms with Crippen LogP contribution in [-0.2, 0) is 9.13 Å². The predicted octanol–water partition coefficient (Wildman–Crippen LogP) is -12.9. The summed E-state index contributed by atoms with van der Waals surface area (Å²) in [5.74, 6) is 0. The Hall–Kier alpha value is 4.26. The summed E-state index contributed by atoms with van der Waals surface area (Å²) in [5.41, 5.74) is 0. The van der Waals surface area contributed by atoms with E-state index in [-0.39, 0.29) is 124 Å². The molecule has 15 heavy (non-hydrogen) atoms. The minimum absolute atomic E-state index is 0. The van der Waals surface area contributed by atoms with Gasteiger partial charge in [-0.3, -0.25) is 9.13 Å². The molecular weight excluding hydrogens is 290 g/mol. The molecule has 0 saturated carbocycles. The van der Waals surface area contributed by atoms with Crippen molar-refractivity contribution >= 4 is 15.2 Å². The zero-order valence-corrected chi connectivity index (χ0v) is 19.0. The Morgan fingerprint density at radius 3 is 1.07 bits per heavy atom. The zero-order valence-electron chi connectivity index (χ0n) is 13.2. The third-order valence-corrected chi connectivity index (χ3v) is 4.62. The van der Waals surface area contributed by atoms with Crippen molar-refractivity contribution in [2.24, 2.45) is 0 Å². The molecule has 5 N–H and O–H groups in total. The Morgan fingerprint density at radius 2 is 1.07 bits per heavy atom. The van der Waals surface area contributed by atoms with Crippen molar-refractivity contribution in [1.82, 2.24) is 0 Å². The Balaban J connectivity index is -0.0000000179. The van der Waals surface area contributed by atoms with E-state index in [9.17, 15) is 9.13 Å². The number of rotatable bonds is 3. The topological polar surface area (TPSA) is 135 Å². The van der Waals surface area contributed by atoms with E-state index in [1.54, 1.807) is 0 Å². The van der Waals surface area contributed by atoms with Crippen LogP contribution in [0.15, 0.2) is 0 Å². The standard InChI is InChI=1S/C2H8O7P2.4Na.4H/c3-1-2(10(4,5)6)11(7,8)9;;;;;;;;/h2-3H,1H2,(H2,4,5,6)(H2,7,8,9);;;;;;;;/q;4*+1;4*-1. The SMILES string of the molecule is O=P(O)(O)C(CO)P(=O)(O)O.[H-].[H-].[H-].[H-].[Na+].[Na+].[Na+].[Na+]. The van der Waals surface area contributed by atoms with E-state index in [0.717, 1.165) is 0 Å². The fraction of sp³-hybridized carbons (Fsp3) is 1.00. The third kappa shape index (κ3) is 14.5. The molecule has 0 radical (unpaired) electrons. The Labute approximate surface area is 182 Å². The molecule has 0 saturated heterocycles. The predicted molar refractivity (Wildman–Crippen MR) is 39.4 cm³/mol. The number of hydrogen-bond acceptors (Lipinski definition) is 3. The quantitative estimate of drug-likeness (QED) is 0.258. The first-order valence-corrected chi connectivity index (χ1v) is 5.77. The molecule has 0 rings (SSSR count). The van der Waals surface area contributed by atoms with Gasteiger partial charge in [0.05, 0.1) is 6.61 Å². The van der Waals surface area contributed by atoms with Gasteiger partial charge >= 0.3 is 133 Å². The maximum atomic E-state index is 10.3. The van der Waals surface area contributed by atoms with E-state index < -0.39 is 27.2 Å². The summed E-state index contributed by atoms with van der Waals surface area (Å²) >= 11 is 0. The van der Waals surface area contributed by atoms with Crippen molar-refractivity contribution in [3.8, 4) is 0 Å². The Bertz CT molecular complexity index is 215. The van der Waals surface area contributed by atoms with Crippen molar-refractivity contribution in [1.29, 1.82) is 0 Å². The van der Waals surface area contributed by atoms with Crippen molar-refractivity contribution < 1.29 is 158 Å². The first-order chi connectivity index (χ1) is 4.69. The first kappa shape index (κ1) is 31.6. The molecule has 0 amide bonds. The van der Waals surface area contributed by atoms with Gasteiger partial charge in [-0.05, 0) is 0 Å². The van der Waals surface area contributed by atoms with E-state index in [1.807, 2.05) is 0 Å². The second-order valence-electron chi connectivity index (χ2n) is 1.84. The average Bonchev–Trinajstić information content (AvgIpc) is 1.56. The van der Waals surface area contributed by atoms with Crippen LogP contribution < -0.4 is 118 Å². The van der Waals surface area contributed by atoms with Crippen LogP contribution in [-0.4, -0.2) is 36.7 Å². The molecule has 0 atom stereocenters. The van der Waals surface area contributed by atoms with Crippen molar-refractivity contribution in [3.63, 3.8) is 0 Å². The number of hydrogen-bond donors (Lipinski definition) is 5. The van der Waals surface area contributed by atoms with Crippen LogP contribution in [0.3, 0.4) is 0 Å². The van der Waals surface area contributed by atoms with Crippen LogP contribution in [0.1, 0.15) is 5.71 Å². The molecule has 0 bridgehead atoms. The second-order valence-corrected chi connectivity index (χ2v) is 5.85. The average molecular weight is 302 g/mol. The van der Waals surface area contributed by atoms with Crippen LogP contribution in [0.25, 0.3) is 0 Å². The molecule has 0 aromatic rings. The monoisotopic (exact) mass is 302 g/mol. The van der Waals surface area contributed by atoms with Crippen LogP contribution in [0.4, 0.5) is 0 Å². The molecule has 0 spiro atoms. The largest absolute Gasteiger partial charge is 1.00 e. The van der Waals surface area contributed by atoms with Crippen molar-refractivity contribution in [3.05, 3.63) is 0 Å². The molecule has 0 aliphatic rings. The van der Waals surface area contributed by atoms with Gasteiger partial charge in [0.15, 0.2) is 5.40 Å². The Morgan fingerprint density at radius 1 is 0.867 bits per heavy atom. The molecule has 13 heteroatoms. The van der Waals surface area contributed by atoms with Gasteiger partial charge in [0, 0.05) is 0 Å². The molecule has 0 aliphatic heterocycles. The van der Waals surface area contributed by atoms with Gasteiger partial charge in [0.2, 0.25) is 0 Å². The van der Waals surface area contributed by atoms with Crippen LogP contribution in [0.5, 0.6) is 0 Å². The van der Waals surface area contributed by atoms with E-state index >= 15 is 0 Å². The smallest absolute Gasteiger partial charge is 1.00 e. The number of aliphatic hydroxyl groups excluding tert-OH is 1. The van der Waals surface area contributed by atoms with E-state index in [4.69, 9.17) is 24.7 Å². The van der Waals surface area contributed by atoms with Gasteiger partial charge in [-0.1, -0.05) is 0 Å². The normalized spacial score (nSPS) is 10.3. The van der Waals surface area contributed by atoms with E-state index in [0.29, 0.717) is 0 Å². The molecule has 76 valence electrons. The molecule has 0 aliphatic carbocycles. The summed E-state index contributed by atoms with van der Waals surface area (Å²) in [6.45, 7) is -1.24. The molecule has 0 heterocycles. The molecule has 7 nitrogen and oxygen atoms in total. The maximum absolute atomic E-state index is 10.3. The maximum Gasteiger partial charge on any atom is 1.00 e. The van der Waals surface area contributed by atoms with Gasteiger partial charge in [0.1, 0.15) is 0 Å². The van der Waals surface area contributed by atoms with E-state index in [1.165, 1.54) is 0 Å². The molecule has 0 aromatic carbocycles. The van der Waals surface area contributed by atoms with Gasteiger partial charge in [-0.15, -0.1) is 0 Å². The number of aliphatic hydroxyl groups is 1. The van der Waals surface area contributed by atoms with Gasteiger partial charge in [-0.2, -0.15) is 0 Å². The van der Waals surface area contributed by atoms with Crippen LogP contribution >= 0.6 is 15.2 Å². The summed E-state index contributed by atoms with van der Waals surface area (Å²) in [4.78, 5) is 33.1. The zero-order chi connectivity index (χ0) is 9.28. The van der Waals surface area contributed by atoms with Crippen molar-refractivity contribution in [2.45, 2.75) is 5.40 Å². The van der Waals surface area contributed by atoms with Gasteiger partial charge in [0.25, 0.3) is 0 Å². The summed E-state index contributed by atoms with van der Waals surface area (Å²) in [6.07, 6.45) is 0. The van der Waals surface area contributed by atoms with Gasteiger partial charge in [-0.25, -0.2) is 0 Å². The third-order valence-electron chi connectivity index (χ3n) is 0.940. The molecule has 0 fully saturated rings. The molecule has 0 unspecified atom stereocenters. The second kappa shape index (κ2) is 13.3. The summed E-state index contributed by atoms with van der Waals surface area (Å²) < 4.78 is 20.5. The fourth-order valence-corrected chi connectivity index (χ4v) is 2.40. The first-order valence-electron chi connectivity index (χ1n) is 2.41. The van der Waals surface area contributed by atoms with Crippen molar-refractivity contribution in [2.75, 3.05) is 6.61 Å². The summed E-state index contributed by atoms with van der Waals surface area (Å²) in [6, 6.07) is 0.